The Bertz CT molecular complexity index is 435. The van der Waals surface area contributed by atoms with Crippen molar-refractivity contribution in [2.24, 2.45) is 0 Å². The van der Waals surface area contributed by atoms with Gasteiger partial charge >= 0.3 is 0 Å². The fourth-order valence-electron chi connectivity index (χ4n) is 0.767. The van der Waals surface area contributed by atoms with E-state index < -0.39 is 5.82 Å². The Hall–Kier alpha value is -0.720. The maximum Gasteiger partial charge on any atom is 0.180 e. The number of nitrogens with zero attached hydrogens (tertiary/aromatic N) is 3. The molecule has 0 aliphatic heterocycles. The summed E-state index contributed by atoms with van der Waals surface area (Å²) in [7, 11) is 0. The van der Waals surface area contributed by atoms with Crippen molar-refractivity contribution in [2.75, 3.05) is 0 Å². The molecule has 3 nitrogen and oxygen atoms in total. The van der Waals surface area contributed by atoms with E-state index >= 15 is 0 Å². The molecule has 0 radical (unpaired) electrons. The Kier molecular flexibility index (Phi) is 2.95. The molecule has 14 heavy (non-hydrogen) atoms. The van der Waals surface area contributed by atoms with Crippen LogP contribution in [-0.2, 0) is 0 Å². The summed E-state index contributed by atoms with van der Waals surface area (Å²) in [6.07, 6.45) is 1.40. The molecule has 2 aromatic rings. The molecule has 0 saturated heterocycles. The van der Waals surface area contributed by atoms with Crippen LogP contribution in [0.4, 0.5) is 4.39 Å². The molecule has 0 atom stereocenters. The average molecular weight is 248 g/mol. The molecule has 72 valence electrons. The van der Waals surface area contributed by atoms with Crippen LogP contribution in [0.25, 0.3) is 0 Å². The van der Waals surface area contributed by atoms with Crippen LogP contribution in [0.3, 0.4) is 0 Å². The summed E-state index contributed by atoms with van der Waals surface area (Å²) in [4.78, 5) is 3.85. The smallest absolute Gasteiger partial charge is 0.180 e. The highest BCUT2D eigenvalue weighted by molar-refractivity contribution is 8.00. The summed E-state index contributed by atoms with van der Waals surface area (Å²) >= 11 is 8.02. The van der Waals surface area contributed by atoms with Gasteiger partial charge in [-0.2, -0.15) is 0 Å². The molecule has 0 aliphatic rings. The number of hydrogen-bond donors (Lipinski definition) is 0. The molecule has 2 aromatic heterocycles. The lowest BCUT2D eigenvalue weighted by molar-refractivity contribution is 0.588. The van der Waals surface area contributed by atoms with Crippen molar-refractivity contribution in [3.63, 3.8) is 0 Å². The van der Waals surface area contributed by atoms with E-state index in [4.69, 9.17) is 11.6 Å². The van der Waals surface area contributed by atoms with E-state index in [1.54, 1.807) is 5.51 Å². The summed E-state index contributed by atoms with van der Waals surface area (Å²) in [5, 5.41) is 7.94. The van der Waals surface area contributed by atoms with Gasteiger partial charge in [-0.05, 0) is 17.8 Å². The predicted molar refractivity (Wildman–Crippen MR) is 53.2 cm³/mol. The zero-order chi connectivity index (χ0) is 9.97. The van der Waals surface area contributed by atoms with Crippen molar-refractivity contribution in [1.29, 1.82) is 0 Å². The van der Waals surface area contributed by atoms with Crippen molar-refractivity contribution in [3.05, 3.63) is 28.6 Å². The number of aromatic nitrogens is 3. The molecule has 2 heterocycles. The Morgan fingerprint density at radius 2 is 2.36 bits per heavy atom. The van der Waals surface area contributed by atoms with Crippen LogP contribution >= 0.6 is 34.7 Å². The van der Waals surface area contributed by atoms with Crippen LogP contribution in [0.2, 0.25) is 5.02 Å². The van der Waals surface area contributed by atoms with Crippen LogP contribution in [0.15, 0.2) is 27.1 Å². The monoisotopic (exact) mass is 247 g/mol. The van der Waals surface area contributed by atoms with Crippen molar-refractivity contribution >= 4 is 34.7 Å². The van der Waals surface area contributed by atoms with E-state index in [9.17, 15) is 4.39 Å². The van der Waals surface area contributed by atoms with E-state index in [1.807, 2.05) is 0 Å². The highest BCUT2D eigenvalue weighted by Gasteiger charge is 2.08. The van der Waals surface area contributed by atoms with Crippen molar-refractivity contribution in [3.8, 4) is 0 Å². The summed E-state index contributed by atoms with van der Waals surface area (Å²) in [6, 6.07) is 1.22. The van der Waals surface area contributed by atoms with Crippen LogP contribution in [-0.4, -0.2) is 15.2 Å². The second-order valence-corrected chi connectivity index (χ2v) is 4.75. The maximum atomic E-state index is 13.2. The maximum absolute atomic E-state index is 13.2. The number of pyridine rings is 1. The fraction of sp³-hybridized carbons (Fsp3) is 0. The van der Waals surface area contributed by atoms with Gasteiger partial charge in [-0.15, -0.1) is 10.2 Å². The standard InChI is InChI=1S/C7H3ClFN3S2/c8-4-1-5(9)6(10-2-4)14-7-12-11-3-13-7/h1-3H. The fourth-order valence-corrected chi connectivity index (χ4v) is 2.26. The van der Waals surface area contributed by atoms with Crippen LogP contribution in [0.5, 0.6) is 0 Å². The molecule has 0 aliphatic carbocycles. The van der Waals surface area contributed by atoms with E-state index in [0.29, 0.717) is 4.34 Å². The molecule has 0 saturated carbocycles. The van der Waals surface area contributed by atoms with Crippen LogP contribution < -0.4 is 0 Å². The second kappa shape index (κ2) is 4.20. The van der Waals surface area contributed by atoms with Gasteiger partial charge < -0.3 is 0 Å². The van der Waals surface area contributed by atoms with Crippen LogP contribution in [0, 0.1) is 5.82 Å². The first-order chi connectivity index (χ1) is 6.75. The van der Waals surface area contributed by atoms with Gasteiger partial charge in [-0.25, -0.2) is 9.37 Å². The third-order valence-electron chi connectivity index (χ3n) is 1.30. The zero-order valence-electron chi connectivity index (χ0n) is 6.65. The van der Waals surface area contributed by atoms with Gasteiger partial charge in [-0.1, -0.05) is 22.9 Å². The van der Waals surface area contributed by atoms with Crippen molar-refractivity contribution in [2.45, 2.75) is 9.37 Å². The molecule has 0 aromatic carbocycles. The molecular weight excluding hydrogens is 245 g/mol. The summed E-state index contributed by atoms with van der Waals surface area (Å²) in [6.45, 7) is 0. The minimum atomic E-state index is -0.447. The summed E-state index contributed by atoms with van der Waals surface area (Å²) < 4.78 is 13.9. The Morgan fingerprint density at radius 3 is 3.00 bits per heavy atom. The Balaban J connectivity index is 2.25. The lowest BCUT2D eigenvalue weighted by Crippen LogP contribution is -1.85. The molecule has 0 bridgehead atoms. The summed E-state index contributed by atoms with van der Waals surface area (Å²) in [5.74, 6) is -0.447. The van der Waals surface area contributed by atoms with Gasteiger partial charge in [0.15, 0.2) is 10.2 Å². The summed E-state index contributed by atoms with van der Waals surface area (Å²) in [5.41, 5.74) is 1.58. The minimum Gasteiger partial charge on any atom is -0.245 e. The Labute approximate surface area is 92.3 Å². The molecular formula is C7H3ClFN3S2. The van der Waals surface area contributed by atoms with Gasteiger partial charge in [0.25, 0.3) is 0 Å². The lowest BCUT2D eigenvalue weighted by Gasteiger charge is -1.97. The van der Waals surface area contributed by atoms with Crippen LogP contribution in [0.1, 0.15) is 0 Å². The average Bonchev–Trinajstić information content (AvgIpc) is 2.62. The quantitative estimate of drug-likeness (QED) is 0.818. The molecule has 0 N–H and O–H groups in total. The molecule has 0 spiro atoms. The first-order valence-electron chi connectivity index (χ1n) is 3.51. The van der Waals surface area contributed by atoms with Gasteiger partial charge in [0.2, 0.25) is 0 Å². The molecule has 7 heteroatoms. The van der Waals surface area contributed by atoms with Gasteiger partial charge in [-0.3, -0.25) is 0 Å². The predicted octanol–water partition coefficient (Wildman–Crippen LogP) is 2.88. The SMILES string of the molecule is Fc1cc(Cl)cnc1Sc1nncs1. The first-order valence-corrected chi connectivity index (χ1v) is 5.58. The highest BCUT2D eigenvalue weighted by Crippen LogP contribution is 2.29. The largest absolute Gasteiger partial charge is 0.245 e. The minimum absolute atomic E-state index is 0.256. The molecule has 0 unspecified atom stereocenters. The van der Waals surface area contributed by atoms with Gasteiger partial charge in [0.1, 0.15) is 10.5 Å². The number of rotatable bonds is 2. The first kappa shape index (κ1) is 9.82. The second-order valence-electron chi connectivity index (χ2n) is 2.25. The van der Waals surface area contributed by atoms with E-state index in [2.05, 4.69) is 15.2 Å². The van der Waals surface area contributed by atoms with E-state index in [0.717, 1.165) is 11.8 Å². The Morgan fingerprint density at radius 1 is 1.50 bits per heavy atom. The normalized spacial score (nSPS) is 10.4. The number of hydrogen-bond acceptors (Lipinski definition) is 5. The molecule has 0 amide bonds. The molecule has 2 rings (SSSR count). The van der Waals surface area contributed by atoms with Gasteiger partial charge in [0, 0.05) is 6.20 Å². The third-order valence-corrected chi connectivity index (χ3v) is 3.28. The van der Waals surface area contributed by atoms with Crippen molar-refractivity contribution in [1.82, 2.24) is 15.2 Å². The van der Waals surface area contributed by atoms with E-state index in [1.165, 1.54) is 23.6 Å². The lowest BCUT2D eigenvalue weighted by atomic mass is 10.5. The number of halogens is 2. The van der Waals surface area contributed by atoms with E-state index in [-0.39, 0.29) is 10.0 Å². The topological polar surface area (TPSA) is 38.7 Å². The highest BCUT2D eigenvalue weighted by atomic mass is 35.5. The van der Waals surface area contributed by atoms with Gasteiger partial charge in [0.05, 0.1) is 5.02 Å². The molecule has 0 fully saturated rings. The zero-order valence-corrected chi connectivity index (χ0v) is 9.04. The third kappa shape index (κ3) is 2.20. The van der Waals surface area contributed by atoms with Crippen molar-refractivity contribution < 1.29 is 4.39 Å².